The van der Waals surface area contributed by atoms with Crippen LogP contribution in [0.1, 0.15) is 37.4 Å². The first-order valence-corrected chi connectivity index (χ1v) is 12.2. The second-order valence-electron chi connectivity index (χ2n) is 8.68. The van der Waals surface area contributed by atoms with Crippen LogP contribution in [0.4, 0.5) is 15.9 Å². The van der Waals surface area contributed by atoms with Crippen LogP contribution in [0, 0.1) is 18.7 Å². The summed E-state index contributed by atoms with van der Waals surface area (Å²) in [5, 5.41) is 11.3. The molecule has 1 aliphatic heterocycles. The summed E-state index contributed by atoms with van der Waals surface area (Å²) in [5.41, 5.74) is 3.10. The predicted molar refractivity (Wildman–Crippen MR) is 135 cm³/mol. The maximum Gasteiger partial charge on any atom is 0.224 e. The molecule has 0 atom stereocenters. The number of anilines is 2. The van der Waals surface area contributed by atoms with Gasteiger partial charge in [-0.3, -0.25) is 9.59 Å². The van der Waals surface area contributed by atoms with E-state index in [1.54, 1.807) is 24.3 Å². The molecule has 1 fully saturated rings. The molecule has 0 unspecified atom stereocenters. The molecular formula is C26H29ClFN5O2. The molecule has 1 aromatic heterocycles. The van der Waals surface area contributed by atoms with Crippen molar-refractivity contribution in [1.29, 1.82) is 0 Å². The average molecular weight is 498 g/mol. The fourth-order valence-corrected chi connectivity index (χ4v) is 4.36. The molecule has 1 aliphatic rings. The van der Waals surface area contributed by atoms with Crippen LogP contribution < -0.4 is 15.5 Å². The lowest BCUT2D eigenvalue weighted by atomic mass is 9.95. The maximum atomic E-state index is 13.1. The van der Waals surface area contributed by atoms with E-state index < -0.39 is 0 Å². The van der Waals surface area contributed by atoms with Crippen molar-refractivity contribution in [3.63, 3.8) is 0 Å². The number of aromatic nitrogens is 2. The van der Waals surface area contributed by atoms with Crippen LogP contribution in [0.25, 0.3) is 5.69 Å². The number of nitrogens with zero attached hydrogens (tertiary/aromatic N) is 3. The number of hydrogen-bond acceptors (Lipinski definition) is 4. The van der Waals surface area contributed by atoms with Gasteiger partial charge < -0.3 is 15.5 Å². The van der Waals surface area contributed by atoms with Crippen molar-refractivity contribution >= 4 is 34.9 Å². The van der Waals surface area contributed by atoms with E-state index in [0.29, 0.717) is 49.6 Å². The molecule has 2 aromatic carbocycles. The quantitative estimate of drug-likeness (QED) is 0.489. The third-order valence-electron chi connectivity index (χ3n) is 6.24. The molecule has 2 heterocycles. The topological polar surface area (TPSA) is 79.3 Å². The number of halogens is 2. The van der Waals surface area contributed by atoms with Gasteiger partial charge in [-0.1, -0.05) is 30.7 Å². The van der Waals surface area contributed by atoms with Crippen LogP contribution >= 0.6 is 11.6 Å². The Labute approximate surface area is 209 Å². The number of benzene rings is 2. The normalized spacial score (nSPS) is 14.1. The lowest BCUT2D eigenvalue weighted by Gasteiger charge is -2.33. The second kappa shape index (κ2) is 10.9. The molecule has 9 heteroatoms. The Hall–Kier alpha value is -3.39. The van der Waals surface area contributed by atoms with Gasteiger partial charge in [0.05, 0.1) is 11.4 Å². The minimum atomic E-state index is -0.296. The van der Waals surface area contributed by atoms with Crippen molar-refractivity contribution < 1.29 is 14.0 Å². The zero-order valence-corrected chi connectivity index (χ0v) is 20.6. The van der Waals surface area contributed by atoms with Crippen molar-refractivity contribution in [2.75, 3.05) is 23.3 Å². The van der Waals surface area contributed by atoms with Crippen LogP contribution in [-0.4, -0.2) is 34.7 Å². The molecule has 0 saturated carbocycles. The van der Waals surface area contributed by atoms with Crippen molar-refractivity contribution in [1.82, 2.24) is 15.1 Å². The predicted octanol–water partition coefficient (Wildman–Crippen LogP) is 4.85. The van der Waals surface area contributed by atoms with E-state index in [-0.39, 0.29) is 23.5 Å². The van der Waals surface area contributed by atoms with E-state index in [1.165, 1.54) is 12.1 Å². The van der Waals surface area contributed by atoms with Gasteiger partial charge in [0.2, 0.25) is 11.8 Å². The minimum absolute atomic E-state index is 0.00382. The molecule has 0 spiro atoms. The highest BCUT2D eigenvalue weighted by Crippen LogP contribution is 2.35. The number of nitrogens with one attached hydrogen (secondary N) is 2. The molecule has 7 nitrogen and oxygen atoms in total. The van der Waals surface area contributed by atoms with Gasteiger partial charge in [-0.05, 0) is 61.7 Å². The second-order valence-corrected chi connectivity index (χ2v) is 9.12. The smallest absolute Gasteiger partial charge is 0.224 e. The Bertz CT molecular complexity index is 1190. The summed E-state index contributed by atoms with van der Waals surface area (Å²) in [7, 11) is 0. The molecule has 0 bridgehead atoms. The van der Waals surface area contributed by atoms with Gasteiger partial charge in [0.25, 0.3) is 0 Å². The van der Waals surface area contributed by atoms with Crippen molar-refractivity contribution in [3.8, 4) is 5.69 Å². The highest BCUT2D eigenvalue weighted by molar-refractivity contribution is 6.30. The Morgan fingerprint density at radius 3 is 2.37 bits per heavy atom. The first kappa shape index (κ1) is 24.7. The van der Waals surface area contributed by atoms with Crippen LogP contribution in [0.3, 0.4) is 0 Å². The summed E-state index contributed by atoms with van der Waals surface area (Å²) in [4.78, 5) is 27.2. The summed E-state index contributed by atoms with van der Waals surface area (Å²) < 4.78 is 14.9. The summed E-state index contributed by atoms with van der Waals surface area (Å²) in [6, 6.07) is 13.5. The average Bonchev–Trinajstić information content (AvgIpc) is 3.19. The van der Waals surface area contributed by atoms with Gasteiger partial charge in [-0.2, -0.15) is 5.10 Å². The van der Waals surface area contributed by atoms with E-state index in [9.17, 15) is 14.0 Å². The number of carbonyl (C=O) groups is 2. The Morgan fingerprint density at radius 2 is 1.74 bits per heavy atom. The Morgan fingerprint density at radius 1 is 1.09 bits per heavy atom. The number of amides is 2. The molecule has 184 valence electrons. The van der Waals surface area contributed by atoms with Gasteiger partial charge in [0.1, 0.15) is 11.5 Å². The van der Waals surface area contributed by atoms with Gasteiger partial charge in [-0.25, -0.2) is 9.07 Å². The first-order chi connectivity index (χ1) is 16.9. The minimum Gasteiger partial charge on any atom is -0.355 e. The van der Waals surface area contributed by atoms with E-state index in [4.69, 9.17) is 16.7 Å². The third kappa shape index (κ3) is 5.82. The zero-order chi connectivity index (χ0) is 24.9. The third-order valence-corrected chi connectivity index (χ3v) is 6.49. The SMILES string of the molecule is CCC(=O)Nc1c(C)nn(-c2ccc(Cl)cc2)c1N1CCC(C(=O)NCc2ccc(F)cc2)CC1. The highest BCUT2D eigenvalue weighted by atomic mass is 35.5. The van der Waals surface area contributed by atoms with Crippen LogP contribution in [0.2, 0.25) is 5.02 Å². The van der Waals surface area contributed by atoms with Crippen LogP contribution in [0.5, 0.6) is 0 Å². The van der Waals surface area contributed by atoms with Crippen molar-refractivity contribution in [2.45, 2.75) is 39.7 Å². The summed E-state index contributed by atoms with van der Waals surface area (Å²) in [6.07, 6.45) is 1.70. The summed E-state index contributed by atoms with van der Waals surface area (Å²) >= 11 is 6.08. The van der Waals surface area contributed by atoms with Crippen LogP contribution in [0.15, 0.2) is 48.5 Å². The molecule has 4 rings (SSSR count). The molecule has 0 aliphatic carbocycles. The van der Waals surface area contributed by atoms with E-state index in [0.717, 1.165) is 22.8 Å². The Kier molecular flexibility index (Phi) is 7.70. The number of rotatable bonds is 7. The van der Waals surface area contributed by atoms with Gasteiger partial charge in [0.15, 0.2) is 5.82 Å². The fourth-order valence-electron chi connectivity index (χ4n) is 4.23. The standard InChI is InChI=1S/C26H29ClFN5O2/c1-3-23(34)30-24-17(2)31-33(22-10-6-20(27)7-11-22)26(24)32-14-12-19(13-15-32)25(35)29-16-18-4-8-21(28)9-5-18/h4-11,19H,3,12-16H2,1-2H3,(H,29,35)(H,30,34). The monoisotopic (exact) mass is 497 g/mol. The number of carbonyl (C=O) groups excluding carboxylic acids is 2. The zero-order valence-electron chi connectivity index (χ0n) is 19.9. The first-order valence-electron chi connectivity index (χ1n) is 11.8. The largest absolute Gasteiger partial charge is 0.355 e. The summed E-state index contributed by atoms with van der Waals surface area (Å²) in [6.45, 7) is 5.33. The Balaban J connectivity index is 1.49. The van der Waals surface area contributed by atoms with Gasteiger partial charge >= 0.3 is 0 Å². The van der Waals surface area contributed by atoms with E-state index in [1.807, 2.05) is 30.7 Å². The molecule has 2 amide bonds. The highest BCUT2D eigenvalue weighted by Gasteiger charge is 2.30. The van der Waals surface area contributed by atoms with E-state index in [2.05, 4.69) is 15.5 Å². The summed E-state index contributed by atoms with van der Waals surface area (Å²) in [5.74, 6) is 0.302. The number of hydrogen-bond donors (Lipinski definition) is 2. The van der Waals surface area contributed by atoms with Crippen molar-refractivity contribution in [2.24, 2.45) is 5.92 Å². The maximum absolute atomic E-state index is 13.1. The van der Waals surface area contributed by atoms with E-state index >= 15 is 0 Å². The molecule has 0 radical (unpaired) electrons. The molecular weight excluding hydrogens is 469 g/mol. The lowest BCUT2D eigenvalue weighted by molar-refractivity contribution is -0.125. The number of piperidine rings is 1. The van der Waals surface area contributed by atoms with Crippen LogP contribution in [-0.2, 0) is 16.1 Å². The van der Waals surface area contributed by atoms with Gasteiger partial charge in [-0.15, -0.1) is 0 Å². The molecule has 2 N–H and O–H groups in total. The van der Waals surface area contributed by atoms with Gasteiger partial charge in [0, 0.05) is 37.0 Å². The lowest BCUT2D eigenvalue weighted by Crippen LogP contribution is -2.41. The van der Waals surface area contributed by atoms with Crippen molar-refractivity contribution in [3.05, 3.63) is 70.6 Å². The molecule has 35 heavy (non-hydrogen) atoms. The molecule has 3 aromatic rings. The fraction of sp³-hybridized carbons (Fsp3) is 0.346. The molecule has 1 saturated heterocycles. The number of aryl methyl sites for hydroxylation is 1.